The number of sulfone groups is 1. The van der Waals surface area contributed by atoms with Crippen LogP contribution >= 0.6 is 22.6 Å². The van der Waals surface area contributed by atoms with Crippen molar-refractivity contribution in [2.75, 3.05) is 20.0 Å². The maximum absolute atomic E-state index is 12.1. The zero-order valence-corrected chi connectivity index (χ0v) is 15.0. The Morgan fingerprint density at radius 3 is 2.73 bits per heavy atom. The Labute approximate surface area is 142 Å². The van der Waals surface area contributed by atoms with Gasteiger partial charge in [-0.3, -0.25) is 5.10 Å². The topological polar surface area (TPSA) is 81.3 Å². The predicted octanol–water partition coefficient (Wildman–Crippen LogP) is 2.48. The summed E-state index contributed by atoms with van der Waals surface area (Å²) in [6, 6.07) is 6.96. The van der Waals surface area contributed by atoms with E-state index in [-0.39, 0.29) is 10.8 Å². The van der Waals surface area contributed by atoms with Crippen LogP contribution in [-0.4, -0.2) is 38.6 Å². The van der Waals surface area contributed by atoms with Gasteiger partial charge in [-0.05, 0) is 52.9 Å². The van der Waals surface area contributed by atoms with E-state index in [1.807, 2.05) is 12.1 Å². The molecule has 0 fully saturated rings. The number of H-pyrrole nitrogens is 1. The van der Waals surface area contributed by atoms with Gasteiger partial charge in [-0.1, -0.05) is 0 Å². The van der Waals surface area contributed by atoms with Gasteiger partial charge in [0, 0.05) is 5.56 Å². The number of ether oxygens (including phenoxy) is 2. The maximum Gasteiger partial charge on any atom is 0.198 e. The van der Waals surface area contributed by atoms with E-state index < -0.39 is 9.84 Å². The average Bonchev–Trinajstić information content (AvgIpc) is 3.04. The molecule has 118 valence electrons. The molecule has 6 nitrogen and oxygen atoms in total. The number of hydrogen-bond acceptors (Lipinski definition) is 5. The highest BCUT2D eigenvalue weighted by molar-refractivity contribution is 14.1. The highest BCUT2D eigenvalue weighted by Gasteiger charge is 2.15. The normalized spacial score (nSPS) is 12.2. The lowest BCUT2D eigenvalue weighted by Gasteiger charge is -2.10. The zero-order valence-electron chi connectivity index (χ0n) is 12.0. The molecule has 0 saturated heterocycles. The van der Waals surface area contributed by atoms with E-state index >= 15 is 0 Å². The van der Waals surface area contributed by atoms with E-state index in [2.05, 4.69) is 32.8 Å². The molecule has 0 aliphatic carbocycles. The fraction of sp³-hybridized carbons (Fsp3) is 0.214. The van der Waals surface area contributed by atoms with Crippen molar-refractivity contribution in [2.24, 2.45) is 0 Å². The minimum atomic E-state index is -3.46. The van der Waals surface area contributed by atoms with Gasteiger partial charge in [-0.2, -0.15) is 5.10 Å². The third-order valence-electron chi connectivity index (χ3n) is 2.95. The van der Waals surface area contributed by atoms with Crippen LogP contribution < -0.4 is 4.74 Å². The van der Waals surface area contributed by atoms with Crippen LogP contribution in [0.4, 0.5) is 0 Å². The largest absolute Gasteiger partial charge is 0.496 e. The van der Waals surface area contributed by atoms with Gasteiger partial charge >= 0.3 is 0 Å². The van der Waals surface area contributed by atoms with E-state index in [0.717, 1.165) is 9.13 Å². The lowest BCUT2D eigenvalue weighted by molar-refractivity contribution is 0.368. The number of nitrogens with one attached hydrogen (secondary N) is 1. The molecule has 0 saturated carbocycles. The van der Waals surface area contributed by atoms with Crippen LogP contribution in [-0.2, 0) is 14.6 Å². The van der Waals surface area contributed by atoms with E-state index in [4.69, 9.17) is 9.47 Å². The summed E-state index contributed by atoms with van der Waals surface area (Å²) < 4.78 is 35.8. The average molecular weight is 434 g/mol. The molecular weight excluding hydrogens is 419 g/mol. The minimum Gasteiger partial charge on any atom is -0.496 e. The third-order valence-corrected chi connectivity index (χ3v) is 5.35. The Morgan fingerprint density at radius 2 is 2.14 bits per heavy atom. The van der Waals surface area contributed by atoms with E-state index in [1.54, 1.807) is 13.2 Å². The number of benzene rings is 1. The molecule has 8 heteroatoms. The van der Waals surface area contributed by atoms with Gasteiger partial charge in [-0.25, -0.2) is 8.42 Å². The standard InChI is InChI=1S/C14H15IN2O4S/c1-20-12(10-3-4-11(15)13(9-10)21-2)6-8-22(18,19)14-5-7-16-17-14/h3-7,9H,8H2,1-2H3,(H,16,17). The van der Waals surface area contributed by atoms with Crippen molar-refractivity contribution in [3.63, 3.8) is 0 Å². The van der Waals surface area contributed by atoms with Crippen LogP contribution in [0.2, 0.25) is 0 Å². The van der Waals surface area contributed by atoms with Gasteiger partial charge in [0.2, 0.25) is 0 Å². The highest BCUT2D eigenvalue weighted by atomic mass is 127. The molecule has 0 bridgehead atoms. The molecule has 1 heterocycles. The molecule has 0 aliphatic heterocycles. The molecule has 0 unspecified atom stereocenters. The minimum absolute atomic E-state index is 0.0828. The second-order valence-corrected chi connectivity index (χ2v) is 7.49. The van der Waals surface area contributed by atoms with Gasteiger partial charge in [-0.15, -0.1) is 0 Å². The fourth-order valence-electron chi connectivity index (χ4n) is 1.82. The Bertz CT molecular complexity index is 770. The van der Waals surface area contributed by atoms with Crippen LogP contribution in [0.3, 0.4) is 0 Å². The van der Waals surface area contributed by atoms with Gasteiger partial charge < -0.3 is 9.47 Å². The smallest absolute Gasteiger partial charge is 0.198 e. The van der Waals surface area contributed by atoms with Crippen LogP contribution in [0, 0.1) is 3.57 Å². The molecule has 0 atom stereocenters. The molecule has 1 N–H and O–H groups in total. The number of halogens is 1. The third kappa shape index (κ3) is 3.80. The Balaban J connectivity index is 2.28. The predicted molar refractivity (Wildman–Crippen MR) is 91.3 cm³/mol. The molecule has 0 spiro atoms. The van der Waals surface area contributed by atoms with E-state index in [9.17, 15) is 8.42 Å². The summed E-state index contributed by atoms with van der Waals surface area (Å²) in [5.41, 5.74) is 0.750. The number of rotatable bonds is 6. The van der Waals surface area contributed by atoms with Crippen molar-refractivity contribution < 1.29 is 17.9 Å². The SMILES string of the molecule is COC(=CCS(=O)(=O)c1ccn[nH]1)c1ccc(I)c(OC)c1. The first-order valence-electron chi connectivity index (χ1n) is 6.28. The van der Waals surface area contributed by atoms with Crippen molar-refractivity contribution in [3.05, 3.63) is 45.7 Å². The first-order chi connectivity index (χ1) is 10.5. The van der Waals surface area contributed by atoms with Gasteiger partial charge in [0.1, 0.15) is 11.5 Å². The summed E-state index contributed by atoms with van der Waals surface area (Å²) in [6.45, 7) is 0. The maximum atomic E-state index is 12.1. The van der Waals surface area contributed by atoms with E-state index in [1.165, 1.54) is 25.4 Å². The monoisotopic (exact) mass is 434 g/mol. The number of aromatic nitrogens is 2. The van der Waals surface area contributed by atoms with Gasteiger partial charge in [0.05, 0.1) is 29.7 Å². The van der Waals surface area contributed by atoms with Crippen molar-refractivity contribution in [1.82, 2.24) is 10.2 Å². The quantitative estimate of drug-likeness (QED) is 0.558. The second-order valence-electron chi connectivity index (χ2n) is 4.32. The summed E-state index contributed by atoms with van der Waals surface area (Å²) in [5, 5.41) is 6.19. The number of nitrogens with zero attached hydrogens (tertiary/aromatic N) is 1. The second kappa shape index (κ2) is 7.14. The summed E-state index contributed by atoms with van der Waals surface area (Å²) in [7, 11) is -0.379. The molecule has 1 aromatic carbocycles. The summed E-state index contributed by atoms with van der Waals surface area (Å²) in [4.78, 5) is 0. The number of aromatic amines is 1. The lowest BCUT2D eigenvalue weighted by Crippen LogP contribution is -2.06. The number of methoxy groups -OCH3 is 2. The Kier molecular flexibility index (Phi) is 5.46. The molecule has 1 aromatic heterocycles. The molecule has 0 amide bonds. The number of hydrogen-bond donors (Lipinski definition) is 1. The highest BCUT2D eigenvalue weighted by Crippen LogP contribution is 2.26. The molecule has 0 aliphatic rings. The van der Waals surface area contributed by atoms with Crippen molar-refractivity contribution in [2.45, 2.75) is 5.03 Å². The van der Waals surface area contributed by atoms with Crippen molar-refractivity contribution >= 4 is 38.2 Å². The molecule has 22 heavy (non-hydrogen) atoms. The molecule has 2 aromatic rings. The lowest BCUT2D eigenvalue weighted by atomic mass is 10.1. The Morgan fingerprint density at radius 1 is 1.36 bits per heavy atom. The van der Waals surface area contributed by atoms with Crippen molar-refractivity contribution in [1.29, 1.82) is 0 Å². The van der Waals surface area contributed by atoms with Crippen molar-refractivity contribution in [3.8, 4) is 5.75 Å². The zero-order chi connectivity index (χ0) is 16.2. The van der Waals surface area contributed by atoms with Crippen LogP contribution in [0.15, 0.2) is 41.6 Å². The summed E-state index contributed by atoms with van der Waals surface area (Å²) in [6.07, 6.45) is 2.93. The molecule has 0 radical (unpaired) electrons. The first-order valence-corrected chi connectivity index (χ1v) is 9.01. The van der Waals surface area contributed by atoms with Gasteiger partial charge in [0.25, 0.3) is 0 Å². The summed E-state index contributed by atoms with van der Waals surface area (Å²) in [5.74, 6) is 0.988. The first kappa shape index (κ1) is 16.8. The fourth-order valence-corrected chi connectivity index (χ4v) is 3.39. The van der Waals surface area contributed by atoms with E-state index in [0.29, 0.717) is 11.5 Å². The molecule has 2 rings (SSSR count). The summed E-state index contributed by atoms with van der Waals surface area (Å²) >= 11 is 2.16. The van der Waals surface area contributed by atoms with Crippen LogP contribution in [0.1, 0.15) is 5.56 Å². The van der Waals surface area contributed by atoms with Crippen LogP contribution in [0.25, 0.3) is 5.76 Å². The van der Waals surface area contributed by atoms with Crippen LogP contribution in [0.5, 0.6) is 5.75 Å². The van der Waals surface area contributed by atoms with Gasteiger partial charge in [0.15, 0.2) is 14.9 Å². The molecular formula is C14H15IN2O4S. The Hall–Kier alpha value is -1.55.